The molecule has 8 aromatic rings. The van der Waals surface area contributed by atoms with Crippen molar-refractivity contribution in [2.75, 3.05) is 0 Å². The maximum absolute atomic E-state index is 14.1. The highest BCUT2D eigenvalue weighted by Crippen LogP contribution is 2.64. The molecule has 2 aliphatic rings. The highest BCUT2D eigenvalue weighted by atomic mass is 31.2. The van der Waals surface area contributed by atoms with E-state index in [1.54, 1.807) is 0 Å². The highest BCUT2D eigenvalue weighted by Gasteiger charge is 2.40. The minimum atomic E-state index is -4.85. The van der Waals surface area contributed by atoms with Gasteiger partial charge in [0.2, 0.25) is 0 Å². The molecule has 0 amide bonds. The van der Waals surface area contributed by atoms with E-state index in [1.807, 2.05) is 158 Å². The van der Waals surface area contributed by atoms with Gasteiger partial charge in [-0.1, -0.05) is 146 Å². The van der Waals surface area contributed by atoms with Crippen molar-refractivity contribution >= 4 is 37.2 Å². The van der Waals surface area contributed by atoms with E-state index in [2.05, 4.69) is 0 Å². The molecule has 8 nitrogen and oxygen atoms in total. The zero-order chi connectivity index (χ0) is 36.6. The van der Waals surface area contributed by atoms with Crippen LogP contribution in [0.4, 0.5) is 0 Å². The Morgan fingerprint density at radius 1 is 0.352 bits per heavy atom. The Balaban J connectivity index is 1.35. The van der Waals surface area contributed by atoms with Crippen LogP contribution in [0, 0.1) is 0 Å². The van der Waals surface area contributed by atoms with Gasteiger partial charge < -0.3 is 18.1 Å². The summed E-state index contributed by atoms with van der Waals surface area (Å²) < 4.78 is 52.4. The average molecular weight is 747 g/mol. The maximum atomic E-state index is 14.1. The molecule has 0 aromatic heterocycles. The van der Waals surface area contributed by atoms with Gasteiger partial charge >= 0.3 is 15.6 Å². The van der Waals surface area contributed by atoms with Crippen molar-refractivity contribution in [2.24, 2.45) is 0 Å². The molecule has 8 aromatic carbocycles. The van der Waals surface area contributed by atoms with Gasteiger partial charge in [-0.15, -0.1) is 0 Å². The minimum Gasteiger partial charge on any atom is -0.394 e. The van der Waals surface area contributed by atoms with Gasteiger partial charge in [0, 0.05) is 44.5 Å². The summed E-state index contributed by atoms with van der Waals surface area (Å²) in [5.74, 6) is 0.500. The molecule has 0 spiro atoms. The second-order valence-electron chi connectivity index (χ2n) is 13.1. The van der Waals surface area contributed by atoms with E-state index in [1.165, 1.54) is 0 Å². The van der Waals surface area contributed by atoms with E-state index in [-0.39, 0.29) is 23.0 Å². The van der Waals surface area contributed by atoms with Crippen LogP contribution in [0.1, 0.15) is 0 Å². The predicted octanol–water partition coefficient (Wildman–Crippen LogP) is 12.1. The summed E-state index contributed by atoms with van der Waals surface area (Å²) >= 11 is 0. The van der Waals surface area contributed by atoms with Gasteiger partial charge in [0.25, 0.3) is 0 Å². The third-order valence-electron chi connectivity index (χ3n) is 9.86. The van der Waals surface area contributed by atoms with Crippen LogP contribution >= 0.6 is 15.6 Å². The molecule has 262 valence electrons. The number of fused-ring (bicyclic) bond motifs is 8. The number of para-hydroxylation sites is 2. The normalized spacial score (nSPS) is 18.3. The quantitative estimate of drug-likeness (QED) is 0.172. The average Bonchev–Trinajstić information content (AvgIpc) is 3.38. The summed E-state index contributed by atoms with van der Waals surface area (Å²) in [6.07, 6.45) is 0. The third kappa shape index (κ3) is 5.31. The fourth-order valence-electron chi connectivity index (χ4n) is 7.63. The Bertz CT molecular complexity index is 2730. The van der Waals surface area contributed by atoms with Crippen molar-refractivity contribution in [2.45, 2.75) is 0 Å². The smallest absolute Gasteiger partial charge is 0.394 e. The number of hydrogen-bond acceptors (Lipinski definition) is 6. The molecule has 10 heteroatoms. The number of rotatable bonds is 3. The first-order valence-corrected chi connectivity index (χ1v) is 20.2. The van der Waals surface area contributed by atoms with Crippen molar-refractivity contribution in [1.29, 1.82) is 0 Å². The summed E-state index contributed by atoms with van der Waals surface area (Å²) in [4.78, 5) is 23.0. The van der Waals surface area contributed by atoms with Gasteiger partial charge in [-0.25, -0.2) is 9.13 Å². The first kappa shape index (κ1) is 32.5. The molecule has 2 unspecified atom stereocenters. The van der Waals surface area contributed by atoms with E-state index in [0.717, 1.165) is 21.9 Å². The van der Waals surface area contributed by atoms with E-state index in [4.69, 9.17) is 18.1 Å². The van der Waals surface area contributed by atoms with Gasteiger partial charge in [0.15, 0.2) is 0 Å². The maximum Gasteiger partial charge on any atom is 0.584 e. The topological polar surface area (TPSA) is 112 Å². The molecule has 0 aliphatic carbocycles. The van der Waals surface area contributed by atoms with Crippen molar-refractivity contribution in [1.82, 2.24) is 0 Å². The second-order valence-corrected chi connectivity index (χ2v) is 15.7. The van der Waals surface area contributed by atoms with Gasteiger partial charge in [0.05, 0.1) is 0 Å². The standard InChI is InChI=1S/C44H28O8P2/c45-53(46)49-41-33(27-13-3-1-4-14-27)21-11-23-35(41)37-25-29-17-7-9-19-31(29)39(43(37)51-53)40-32-20-10-8-18-30(32)26-38-36-24-12-22-34(28-15-5-2-6-16-28)42(36)50-54(47,48)52-44(38)40/h1-26H,(H,45,46)(H,47,48). The molecule has 2 N–H and O–H groups in total. The van der Waals surface area contributed by atoms with Crippen LogP contribution in [-0.4, -0.2) is 9.79 Å². The van der Waals surface area contributed by atoms with E-state index >= 15 is 0 Å². The van der Waals surface area contributed by atoms with E-state index in [0.29, 0.717) is 55.3 Å². The summed E-state index contributed by atoms with van der Waals surface area (Å²) in [6, 6.07) is 49.0. The van der Waals surface area contributed by atoms with Gasteiger partial charge in [-0.2, -0.15) is 0 Å². The molecule has 0 saturated heterocycles. The van der Waals surface area contributed by atoms with Crippen LogP contribution in [0.5, 0.6) is 23.0 Å². The van der Waals surface area contributed by atoms with Crippen LogP contribution < -0.4 is 18.1 Å². The number of phosphoric acid groups is 2. The Morgan fingerprint density at radius 2 is 0.704 bits per heavy atom. The van der Waals surface area contributed by atoms with Crippen molar-refractivity contribution in [3.8, 4) is 78.6 Å². The second kappa shape index (κ2) is 12.2. The molecule has 0 radical (unpaired) electrons. The lowest BCUT2D eigenvalue weighted by Crippen LogP contribution is -2.02. The molecular weight excluding hydrogens is 718 g/mol. The van der Waals surface area contributed by atoms with Crippen LogP contribution in [-0.2, 0) is 9.13 Å². The SMILES string of the molecule is O=P1(O)Oc2c(-c3ccccc3)cccc2-c2cc3ccccc3c(-c3c4c(cc5ccccc35)-c3cccc(-c5ccccc5)c3OP(=O)(O)O4)c2O1. The fraction of sp³-hybridized carbons (Fsp3) is 0. The monoisotopic (exact) mass is 746 g/mol. The van der Waals surface area contributed by atoms with Crippen LogP contribution in [0.25, 0.3) is 77.2 Å². The lowest BCUT2D eigenvalue weighted by Gasteiger charge is -2.22. The van der Waals surface area contributed by atoms with Crippen LogP contribution in [0.15, 0.2) is 158 Å². The Labute approximate surface area is 309 Å². The molecule has 0 saturated carbocycles. The summed E-state index contributed by atoms with van der Waals surface area (Å²) in [7, 11) is -9.71. The molecule has 2 atom stereocenters. The summed E-state index contributed by atoms with van der Waals surface area (Å²) in [5, 5.41) is 2.87. The molecule has 2 aliphatic heterocycles. The lowest BCUT2D eigenvalue weighted by atomic mass is 9.85. The first-order valence-electron chi connectivity index (χ1n) is 17.2. The van der Waals surface area contributed by atoms with Crippen LogP contribution in [0.2, 0.25) is 0 Å². The van der Waals surface area contributed by atoms with Crippen LogP contribution in [0.3, 0.4) is 0 Å². The zero-order valence-electron chi connectivity index (χ0n) is 28.2. The van der Waals surface area contributed by atoms with E-state index < -0.39 is 15.6 Å². The Kier molecular flexibility index (Phi) is 7.35. The Morgan fingerprint density at radius 3 is 1.13 bits per heavy atom. The molecule has 0 fully saturated rings. The number of phosphoric ester groups is 2. The van der Waals surface area contributed by atoms with Gasteiger partial charge in [0.1, 0.15) is 23.0 Å². The van der Waals surface area contributed by atoms with Crippen molar-refractivity contribution in [3.63, 3.8) is 0 Å². The van der Waals surface area contributed by atoms with Crippen molar-refractivity contribution in [3.05, 3.63) is 158 Å². The predicted molar refractivity (Wildman–Crippen MR) is 211 cm³/mol. The fourth-order valence-corrected chi connectivity index (χ4v) is 9.40. The third-order valence-corrected chi connectivity index (χ3v) is 11.5. The van der Waals surface area contributed by atoms with Crippen molar-refractivity contribution < 1.29 is 37.0 Å². The number of benzene rings is 8. The first-order chi connectivity index (χ1) is 26.2. The molecule has 0 bridgehead atoms. The summed E-state index contributed by atoms with van der Waals surface area (Å²) in [6.45, 7) is 0. The Hall–Kier alpha value is -6.14. The van der Waals surface area contributed by atoms with Gasteiger partial charge in [-0.05, 0) is 44.8 Å². The molecule has 10 rings (SSSR count). The summed E-state index contributed by atoms with van der Waals surface area (Å²) in [5.41, 5.74) is 5.63. The zero-order valence-corrected chi connectivity index (χ0v) is 30.0. The molecule has 2 heterocycles. The number of hydrogen-bond donors (Lipinski definition) is 2. The highest BCUT2D eigenvalue weighted by molar-refractivity contribution is 7.48. The largest absolute Gasteiger partial charge is 0.584 e. The van der Waals surface area contributed by atoms with Gasteiger partial charge in [-0.3, -0.25) is 9.79 Å². The molecular formula is C44H28O8P2. The lowest BCUT2D eigenvalue weighted by molar-refractivity contribution is 0.292. The molecule has 54 heavy (non-hydrogen) atoms. The van der Waals surface area contributed by atoms with E-state index in [9.17, 15) is 18.9 Å². The minimum absolute atomic E-state index is 0.0573.